The SMILES string of the molecule is CCO/N=C(\C(=O)N[C@@H]1C(=O)N2C(C(=O)O)=C(CSc3nnnn3CCSCC(=N)N)CS[C@@H]12)c1csc(N)n1. The summed E-state index contributed by atoms with van der Waals surface area (Å²) >= 11 is 5.20. The van der Waals surface area contributed by atoms with Gasteiger partial charge >= 0.3 is 5.97 Å². The lowest BCUT2D eigenvalue weighted by molar-refractivity contribution is -0.150. The minimum absolute atomic E-state index is 0.0867. The van der Waals surface area contributed by atoms with Crippen LogP contribution in [0.4, 0.5) is 5.13 Å². The van der Waals surface area contributed by atoms with Crippen molar-refractivity contribution in [2.24, 2.45) is 10.9 Å². The first kappa shape index (κ1) is 29.6. The summed E-state index contributed by atoms with van der Waals surface area (Å²) in [5.74, 6) is -0.767. The zero-order chi connectivity index (χ0) is 28.8. The molecule has 2 aliphatic heterocycles. The molecule has 214 valence electrons. The Morgan fingerprint density at radius 2 is 2.23 bits per heavy atom. The lowest BCUT2D eigenvalue weighted by atomic mass is 10.0. The van der Waals surface area contributed by atoms with Gasteiger partial charge in [-0.25, -0.2) is 14.5 Å². The van der Waals surface area contributed by atoms with Crippen LogP contribution in [0.3, 0.4) is 0 Å². The van der Waals surface area contributed by atoms with Crippen LogP contribution in [0.25, 0.3) is 0 Å². The molecule has 0 bridgehead atoms. The van der Waals surface area contributed by atoms with Crippen molar-refractivity contribution in [3.63, 3.8) is 0 Å². The Morgan fingerprint density at radius 3 is 2.90 bits per heavy atom. The second-order valence-electron chi connectivity index (χ2n) is 8.10. The van der Waals surface area contributed by atoms with Gasteiger partial charge in [0.25, 0.3) is 11.8 Å². The van der Waals surface area contributed by atoms with Gasteiger partial charge in [0.05, 0.1) is 12.3 Å². The number of amides is 2. The fraction of sp³-hybridized carbons (Fsp3) is 0.450. The quantitative estimate of drug-likeness (QED) is 0.0449. The van der Waals surface area contributed by atoms with Crippen molar-refractivity contribution in [2.45, 2.75) is 30.0 Å². The molecule has 40 heavy (non-hydrogen) atoms. The number of hydrogen-bond acceptors (Lipinski definition) is 15. The van der Waals surface area contributed by atoms with Crippen LogP contribution < -0.4 is 16.8 Å². The van der Waals surface area contributed by atoms with Gasteiger partial charge in [0, 0.05) is 22.6 Å². The molecule has 4 heterocycles. The number of anilines is 1. The molecule has 0 aliphatic carbocycles. The Kier molecular flexibility index (Phi) is 9.87. The van der Waals surface area contributed by atoms with Crippen LogP contribution in [0.1, 0.15) is 12.6 Å². The number of amidine groups is 1. The minimum Gasteiger partial charge on any atom is -0.477 e. The highest BCUT2D eigenvalue weighted by molar-refractivity contribution is 8.01. The van der Waals surface area contributed by atoms with Gasteiger partial charge in [0.1, 0.15) is 35.2 Å². The largest absolute Gasteiger partial charge is 0.477 e. The number of oxime groups is 1. The summed E-state index contributed by atoms with van der Waals surface area (Å²) in [6, 6.07) is -0.955. The Balaban J connectivity index is 1.42. The number of tetrazole rings is 1. The molecular weight excluding hydrogens is 603 g/mol. The third-order valence-corrected chi connectivity index (χ3v) is 9.42. The number of rotatable bonds is 14. The van der Waals surface area contributed by atoms with Gasteiger partial charge in [-0.2, -0.15) is 11.8 Å². The van der Waals surface area contributed by atoms with E-state index < -0.39 is 29.2 Å². The number of nitrogens with one attached hydrogen (secondary N) is 2. The number of fused-ring (bicyclic) bond motifs is 1. The zero-order valence-corrected chi connectivity index (χ0v) is 24.2. The lowest BCUT2D eigenvalue weighted by Crippen LogP contribution is -2.71. The Hall–Kier alpha value is -3.36. The van der Waals surface area contributed by atoms with E-state index in [-0.39, 0.29) is 40.4 Å². The molecule has 0 radical (unpaired) electrons. The maximum Gasteiger partial charge on any atom is 0.352 e. The lowest BCUT2D eigenvalue weighted by Gasteiger charge is -2.49. The molecule has 1 saturated heterocycles. The predicted octanol–water partition coefficient (Wildman–Crippen LogP) is -0.348. The van der Waals surface area contributed by atoms with Crippen LogP contribution in [-0.2, 0) is 25.8 Å². The number of nitrogens with zero attached hydrogens (tertiary/aromatic N) is 7. The summed E-state index contributed by atoms with van der Waals surface area (Å²) in [5.41, 5.74) is 11.5. The molecule has 0 aromatic carbocycles. The van der Waals surface area contributed by atoms with Crippen LogP contribution >= 0.6 is 46.6 Å². The third kappa shape index (κ3) is 6.67. The number of carboxylic acids is 1. The number of aliphatic carboxylic acids is 1. The molecule has 0 spiro atoms. The van der Waals surface area contributed by atoms with Crippen molar-refractivity contribution < 1.29 is 24.3 Å². The molecule has 2 atom stereocenters. The van der Waals surface area contributed by atoms with Crippen molar-refractivity contribution in [3.05, 3.63) is 22.3 Å². The van der Waals surface area contributed by atoms with Crippen molar-refractivity contribution in [3.8, 4) is 0 Å². The molecule has 2 aromatic heterocycles. The number of thioether (sulfide) groups is 3. The summed E-state index contributed by atoms with van der Waals surface area (Å²) in [6.07, 6.45) is 0. The topological polar surface area (TPSA) is 241 Å². The Bertz CT molecular complexity index is 1360. The van der Waals surface area contributed by atoms with Crippen LogP contribution in [-0.4, -0.2) is 106 Å². The Morgan fingerprint density at radius 1 is 1.43 bits per heavy atom. The van der Waals surface area contributed by atoms with Gasteiger partial charge < -0.3 is 26.7 Å². The fourth-order valence-corrected chi connectivity index (χ4v) is 7.26. The number of carbonyl (C=O) groups excluding carboxylic acids is 2. The van der Waals surface area contributed by atoms with E-state index in [0.717, 1.165) is 11.3 Å². The van der Waals surface area contributed by atoms with Crippen molar-refractivity contribution in [2.75, 3.05) is 35.4 Å². The van der Waals surface area contributed by atoms with E-state index >= 15 is 0 Å². The van der Waals surface area contributed by atoms with E-state index in [2.05, 4.69) is 31.0 Å². The summed E-state index contributed by atoms with van der Waals surface area (Å²) < 4.78 is 1.59. The number of carboxylic acid groups (broad SMARTS) is 1. The number of aryl methyl sites for hydroxylation is 1. The average Bonchev–Trinajstić information content (AvgIpc) is 3.56. The smallest absolute Gasteiger partial charge is 0.352 e. The van der Waals surface area contributed by atoms with Gasteiger partial charge in [-0.1, -0.05) is 16.9 Å². The zero-order valence-electron chi connectivity index (χ0n) is 21.0. The minimum atomic E-state index is -1.24. The summed E-state index contributed by atoms with van der Waals surface area (Å²) in [5, 5.41) is 37.1. The molecule has 2 amide bonds. The van der Waals surface area contributed by atoms with Gasteiger partial charge in [0.2, 0.25) is 5.16 Å². The molecule has 2 aliphatic rings. The molecule has 1 fully saturated rings. The maximum absolute atomic E-state index is 13.1. The highest BCUT2D eigenvalue weighted by atomic mass is 32.2. The van der Waals surface area contributed by atoms with E-state index in [1.807, 2.05) is 0 Å². The highest BCUT2D eigenvalue weighted by Gasteiger charge is 2.54. The first-order chi connectivity index (χ1) is 19.2. The first-order valence-electron chi connectivity index (χ1n) is 11.6. The molecule has 0 unspecified atom stereocenters. The number of aromatic nitrogens is 5. The second kappa shape index (κ2) is 13.3. The van der Waals surface area contributed by atoms with Crippen LogP contribution in [0.15, 0.2) is 27.0 Å². The maximum atomic E-state index is 13.1. The number of β-lactam (4-membered cyclic amide) rings is 1. The first-order valence-corrected chi connectivity index (χ1v) is 15.7. The monoisotopic (exact) mass is 627 g/mol. The van der Waals surface area contributed by atoms with Gasteiger partial charge in [0.15, 0.2) is 10.8 Å². The molecule has 20 heteroatoms. The molecular formula is C20H25N11O5S4. The molecule has 4 rings (SSSR count). The van der Waals surface area contributed by atoms with Gasteiger partial charge in [-0.3, -0.25) is 19.9 Å². The average molecular weight is 628 g/mol. The van der Waals surface area contributed by atoms with Crippen LogP contribution in [0.2, 0.25) is 0 Å². The van der Waals surface area contributed by atoms with E-state index in [1.54, 1.807) is 17.0 Å². The normalized spacial score (nSPS) is 18.8. The summed E-state index contributed by atoms with van der Waals surface area (Å²) in [7, 11) is 0. The number of hydrogen-bond donors (Lipinski definition) is 5. The number of nitrogen functional groups attached to an aromatic ring is 1. The Labute approximate surface area is 244 Å². The summed E-state index contributed by atoms with van der Waals surface area (Å²) in [6.45, 7) is 2.40. The molecule has 0 saturated carbocycles. The van der Waals surface area contributed by atoms with Crippen LogP contribution in [0, 0.1) is 5.41 Å². The van der Waals surface area contributed by atoms with Crippen LogP contribution in [0.5, 0.6) is 0 Å². The predicted molar refractivity (Wildman–Crippen MR) is 152 cm³/mol. The van der Waals surface area contributed by atoms with E-state index in [1.165, 1.54) is 40.2 Å². The van der Waals surface area contributed by atoms with Gasteiger partial charge in [-0.05, 0) is 22.9 Å². The van der Waals surface area contributed by atoms with Crippen molar-refractivity contribution >= 4 is 81.1 Å². The number of nitrogens with two attached hydrogens (primary N) is 2. The number of thiazole rings is 1. The highest BCUT2D eigenvalue weighted by Crippen LogP contribution is 2.41. The second-order valence-corrected chi connectivity index (χ2v) is 12.1. The standard InChI is InChI=1S/C20H25N11O5S4/c1-2-36-27-12(10-7-39-19(23)24-10)15(32)25-13-16(33)31-14(18(34)35)9(5-38-17(13)31)6-40-20-26-28-29-30(20)3-4-37-8-11(21)22/h7,13,17H,2-6,8H2,1H3,(H3,21,22)(H2,23,24)(H,25,32)(H,34,35)/b27-12-/t13-,17+/m1/s1. The van der Waals surface area contributed by atoms with E-state index in [9.17, 15) is 19.5 Å². The van der Waals surface area contributed by atoms with Gasteiger partial charge in [-0.15, -0.1) is 28.2 Å². The van der Waals surface area contributed by atoms with E-state index in [0.29, 0.717) is 34.5 Å². The van der Waals surface area contributed by atoms with Crippen molar-refractivity contribution in [1.29, 1.82) is 5.41 Å². The molecule has 7 N–H and O–H groups in total. The molecule has 2 aromatic rings. The number of carbonyl (C=O) groups is 3. The molecule has 16 nitrogen and oxygen atoms in total. The van der Waals surface area contributed by atoms with E-state index in [4.69, 9.17) is 21.7 Å². The summed E-state index contributed by atoms with van der Waals surface area (Å²) in [4.78, 5) is 48.6. The van der Waals surface area contributed by atoms with Crippen molar-refractivity contribution in [1.82, 2.24) is 35.4 Å². The fourth-order valence-electron chi connectivity index (χ4n) is 3.66. The third-order valence-electron chi connectivity index (χ3n) is 5.38.